The number of fused-ring (bicyclic) bond motifs is 3. The summed E-state index contributed by atoms with van der Waals surface area (Å²) in [5.41, 5.74) is 9.90. The van der Waals surface area contributed by atoms with E-state index in [-0.39, 0.29) is 18.4 Å². The number of primary amides is 1. The zero-order valence-corrected chi connectivity index (χ0v) is 15.3. The van der Waals surface area contributed by atoms with E-state index in [9.17, 15) is 14.4 Å². The molecule has 2 amide bonds. The average Bonchev–Trinajstić information content (AvgIpc) is 3.37. The molecule has 5 rings (SSSR count). The first-order valence-electron chi connectivity index (χ1n) is 9.55. The fraction of sp³-hybridized carbons (Fsp3) is 0.400. The molecule has 1 saturated heterocycles. The first-order valence-corrected chi connectivity index (χ1v) is 9.55. The second-order valence-electron chi connectivity index (χ2n) is 7.62. The van der Waals surface area contributed by atoms with Crippen LogP contribution in [-0.2, 0) is 22.4 Å². The highest BCUT2D eigenvalue weighted by Crippen LogP contribution is 2.38. The molecule has 2 aromatic rings. The smallest absolute Gasteiger partial charge is 0.415 e. The monoisotopic (exact) mass is 380 g/mol. The van der Waals surface area contributed by atoms with Gasteiger partial charge >= 0.3 is 6.09 Å². The maximum atomic E-state index is 12.7. The van der Waals surface area contributed by atoms with Gasteiger partial charge in [0.25, 0.3) is 11.8 Å². The van der Waals surface area contributed by atoms with E-state index in [0.29, 0.717) is 5.69 Å². The molecule has 0 bridgehead atoms. The van der Waals surface area contributed by atoms with E-state index < -0.39 is 18.1 Å². The van der Waals surface area contributed by atoms with E-state index in [2.05, 4.69) is 5.10 Å². The largest absolute Gasteiger partial charge is 0.434 e. The number of ether oxygens (including phenoxy) is 1. The van der Waals surface area contributed by atoms with Crippen LogP contribution in [-0.4, -0.2) is 40.3 Å². The van der Waals surface area contributed by atoms with Crippen molar-refractivity contribution in [2.75, 3.05) is 11.4 Å². The van der Waals surface area contributed by atoms with E-state index in [0.717, 1.165) is 54.5 Å². The SMILES string of the molecule is NC(=O)C1CN(c2ccc3c(c2)CCCc2cnn(C(=O)C4CC4)c2-3)C(=O)O1. The summed E-state index contributed by atoms with van der Waals surface area (Å²) in [4.78, 5) is 37.6. The summed E-state index contributed by atoms with van der Waals surface area (Å²) in [5.74, 6) is -0.511. The summed E-state index contributed by atoms with van der Waals surface area (Å²) in [6, 6.07) is 5.68. The van der Waals surface area contributed by atoms with Crippen molar-refractivity contribution in [3.63, 3.8) is 0 Å². The van der Waals surface area contributed by atoms with Gasteiger partial charge in [0.05, 0.1) is 18.4 Å². The van der Waals surface area contributed by atoms with Crippen LogP contribution in [0.1, 0.15) is 35.2 Å². The lowest BCUT2D eigenvalue weighted by molar-refractivity contribution is -0.124. The van der Waals surface area contributed by atoms with Crippen LogP contribution < -0.4 is 10.6 Å². The third-order valence-corrected chi connectivity index (χ3v) is 5.66. The van der Waals surface area contributed by atoms with Crippen molar-refractivity contribution in [2.45, 2.75) is 38.2 Å². The Bertz CT molecular complexity index is 1010. The molecule has 1 atom stereocenters. The maximum absolute atomic E-state index is 12.7. The molecule has 2 N–H and O–H groups in total. The normalized spacial score (nSPS) is 20.9. The predicted octanol–water partition coefficient (Wildman–Crippen LogP) is 1.90. The van der Waals surface area contributed by atoms with Gasteiger partial charge in [-0.25, -0.2) is 4.79 Å². The number of cyclic esters (lactones) is 1. The summed E-state index contributed by atoms with van der Waals surface area (Å²) in [7, 11) is 0. The minimum Gasteiger partial charge on any atom is -0.434 e. The van der Waals surface area contributed by atoms with Crippen molar-refractivity contribution in [3.8, 4) is 11.3 Å². The lowest BCUT2D eigenvalue weighted by atomic mass is 10.0. The number of nitrogens with zero attached hydrogens (tertiary/aromatic N) is 3. The molecule has 2 fully saturated rings. The molecule has 2 heterocycles. The van der Waals surface area contributed by atoms with Crippen molar-refractivity contribution in [2.24, 2.45) is 11.7 Å². The number of aryl methyl sites for hydroxylation is 2. The summed E-state index contributed by atoms with van der Waals surface area (Å²) in [5, 5.41) is 4.37. The van der Waals surface area contributed by atoms with Crippen LogP contribution in [0, 0.1) is 5.92 Å². The van der Waals surface area contributed by atoms with Gasteiger partial charge in [0.15, 0.2) is 6.10 Å². The van der Waals surface area contributed by atoms with Crippen molar-refractivity contribution in [1.82, 2.24) is 9.78 Å². The quantitative estimate of drug-likeness (QED) is 0.875. The van der Waals surface area contributed by atoms with Crippen molar-refractivity contribution >= 4 is 23.6 Å². The Morgan fingerprint density at radius 3 is 2.68 bits per heavy atom. The number of nitrogens with two attached hydrogens (primary N) is 1. The Balaban J connectivity index is 1.53. The van der Waals surface area contributed by atoms with Crippen LogP contribution in [0.3, 0.4) is 0 Å². The third kappa shape index (κ3) is 2.67. The number of carbonyl (C=O) groups excluding carboxylic acids is 3. The van der Waals surface area contributed by atoms with Crippen LogP contribution in [0.2, 0.25) is 0 Å². The second-order valence-corrected chi connectivity index (χ2v) is 7.62. The Kier molecular flexibility index (Phi) is 3.75. The van der Waals surface area contributed by atoms with Crippen LogP contribution in [0.4, 0.5) is 10.5 Å². The lowest BCUT2D eigenvalue weighted by Gasteiger charge is -2.16. The van der Waals surface area contributed by atoms with Crippen molar-refractivity contribution in [3.05, 3.63) is 35.5 Å². The van der Waals surface area contributed by atoms with E-state index >= 15 is 0 Å². The third-order valence-electron chi connectivity index (χ3n) is 5.66. The lowest BCUT2D eigenvalue weighted by Crippen LogP contribution is -2.32. The zero-order chi connectivity index (χ0) is 19.4. The minimum absolute atomic E-state index is 0.0607. The highest BCUT2D eigenvalue weighted by Gasteiger charge is 2.37. The summed E-state index contributed by atoms with van der Waals surface area (Å²) in [6.07, 6.45) is 4.76. The van der Waals surface area contributed by atoms with Crippen molar-refractivity contribution in [1.29, 1.82) is 0 Å². The summed E-state index contributed by atoms with van der Waals surface area (Å²) in [6.45, 7) is 0.107. The molecule has 0 radical (unpaired) electrons. The van der Waals surface area contributed by atoms with Gasteiger partial charge in [0, 0.05) is 17.2 Å². The van der Waals surface area contributed by atoms with Gasteiger partial charge in [0.1, 0.15) is 0 Å². The van der Waals surface area contributed by atoms with Gasteiger partial charge in [-0.15, -0.1) is 0 Å². The second kappa shape index (κ2) is 6.19. The fourth-order valence-corrected chi connectivity index (χ4v) is 4.00. The Hall–Kier alpha value is -3.16. The molecular weight excluding hydrogens is 360 g/mol. The molecule has 1 aromatic carbocycles. The number of hydrogen-bond donors (Lipinski definition) is 1. The molecular formula is C20H20N4O4. The maximum Gasteiger partial charge on any atom is 0.415 e. The highest BCUT2D eigenvalue weighted by molar-refractivity contribution is 5.96. The van der Waals surface area contributed by atoms with E-state index in [1.807, 2.05) is 18.2 Å². The first-order chi connectivity index (χ1) is 13.5. The van der Waals surface area contributed by atoms with E-state index in [4.69, 9.17) is 10.5 Å². The Morgan fingerprint density at radius 1 is 1.18 bits per heavy atom. The fourth-order valence-electron chi connectivity index (χ4n) is 4.00. The van der Waals surface area contributed by atoms with Gasteiger partial charge in [-0.2, -0.15) is 9.78 Å². The molecule has 1 unspecified atom stereocenters. The molecule has 3 aliphatic rings. The number of aromatic nitrogens is 2. The predicted molar refractivity (Wildman–Crippen MR) is 99.8 cm³/mol. The number of hydrogen-bond acceptors (Lipinski definition) is 5. The van der Waals surface area contributed by atoms with Gasteiger partial charge < -0.3 is 10.5 Å². The molecule has 2 aliphatic carbocycles. The van der Waals surface area contributed by atoms with E-state index in [1.165, 1.54) is 4.90 Å². The van der Waals surface area contributed by atoms with Crippen LogP contribution in [0.15, 0.2) is 24.4 Å². The minimum atomic E-state index is -0.935. The summed E-state index contributed by atoms with van der Waals surface area (Å²) >= 11 is 0. The van der Waals surface area contributed by atoms with E-state index in [1.54, 1.807) is 10.9 Å². The molecule has 28 heavy (non-hydrogen) atoms. The highest BCUT2D eigenvalue weighted by atomic mass is 16.6. The molecule has 8 nitrogen and oxygen atoms in total. The number of benzene rings is 1. The van der Waals surface area contributed by atoms with Gasteiger partial charge in [-0.3, -0.25) is 14.5 Å². The van der Waals surface area contributed by atoms with Crippen LogP contribution >= 0.6 is 0 Å². The molecule has 0 spiro atoms. The first kappa shape index (κ1) is 17.0. The number of amides is 2. The number of anilines is 1. The Morgan fingerprint density at radius 2 is 1.96 bits per heavy atom. The zero-order valence-electron chi connectivity index (χ0n) is 15.3. The molecule has 8 heteroatoms. The molecule has 144 valence electrons. The number of carbonyl (C=O) groups is 3. The molecule has 1 saturated carbocycles. The van der Waals surface area contributed by atoms with Gasteiger partial charge in [0.2, 0.25) is 0 Å². The average molecular weight is 380 g/mol. The van der Waals surface area contributed by atoms with Crippen LogP contribution in [0.5, 0.6) is 0 Å². The van der Waals surface area contributed by atoms with Crippen molar-refractivity contribution < 1.29 is 19.1 Å². The standard InChI is InChI=1S/C20H20N4O4/c21-18(25)16-10-23(20(27)28-16)14-6-7-15-12(8-14)2-1-3-13-9-22-24(17(13)15)19(26)11-4-5-11/h6-9,11,16H,1-5,10H2,(H2,21,25). The number of rotatable bonds is 3. The molecule has 1 aromatic heterocycles. The van der Waals surface area contributed by atoms with Gasteiger partial charge in [-0.1, -0.05) is 6.07 Å². The Labute approximate surface area is 161 Å². The summed E-state index contributed by atoms with van der Waals surface area (Å²) < 4.78 is 6.60. The van der Waals surface area contributed by atoms with Crippen LogP contribution in [0.25, 0.3) is 11.3 Å². The molecule has 1 aliphatic heterocycles. The topological polar surface area (TPSA) is 108 Å². The van der Waals surface area contributed by atoms with Gasteiger partial charge in [-0.05, 0) is 55.4 Å².